The van der Waals surface area contributed by atoms with Crippen molar-refractivity contribution in [3.8, 4) is 0 Å². The van der Waals surface area contributed by atoms with E-state index in [-0.39, 0.29) is 11.8 Å². The third kappa shape index (κ3) is 3.19. The molecule has 1 rings (SSSR count). The van der Waals surface area contributed by atoms with Gasteiger partial charge in [-0.2, -0.15) is 11.8 Å². The highest BCUT2D eigenvalue weighted by atomic mass is 32.2. The number of nitrogens with zero attached hydrogens (tertiary/aromatic N) is 1. The van der Waals surface area contributed by atoms with Crippen LogP contribution in [0.2, 0.25) is 0 Å². The third-order valence-electron chi connectivity index (χ3n) is 2.31. The first-order valence-corrected chi connectivity index (χ1v) is 5.97. The Morgan fingerprint density at radius 3 is 3.00 bits per heavy atom. The fraction of sp³-hybridized carbons (Fsp3) is 0.889. The molecule has 1 fully saturated rings. The zero-order chi connectivity index (χ0) is 9.68. The van der Waals surface area contributed by atoms with E-state index in [1.54, 1.807) is 0 Å². The maximum Gasteiger partial charge on any atom is 0.226 e. The lowest BCUT2D eigenvalue weighted by molar-refractivity contribution is -0.134. The summed E-state index contributed by atoms with van der Waals surface area (Å²) in [5.41, 5.74) is 5.47. The molecule has 1 aliphatic heterocycles. The van der Waals surface area contributed by atoms with Crippen molar-refractivity contribution >= 4 is 17.7 Å². The van der Waals surface area contributed by atoms with Crippen LogP contribution < -0.4 is 5.73 Å². The van der Waals surface area contributed by atoms with Crippen molar-refractivity contribution in [1.29, 1.82) is 0 Å². The molecule has 0 aliphatic carbocycles. The number of rotatable bonds is 2. The predicted molar refractivity (Wildman–Crippen MR) is 56.7 cm³/mol. The van der Waals surface area contributed by atoms with Gasteiger partial charge in [0, 0.05) is 31.3 Å². The number of hydrogen-bond donors (Lipinski definition) is 1. The second kappa shape index (κ2) is 5.50. The van der Waals surface area contributed by atoms with Crippen LogP contribution in [-0.4, -0.2) is 41.9 Å². The van der Waals surface area contributed by atoms with E-state index >= 15 is 0 Å². The molecule has 4 heteroatoms. The van der Waals surface area contributed by atoms with Crippen molar-refractivity contribution in [2.75, 3.05) is 31.1 Å². The minimum Gasteiger partial charge on any atom is -0.342 e. The zero-order valence-corrected chi connectivity index (χ0v) is 8.98. The summed E-state index contributed by atoms with van der Waals surface area (Å²) in [5, 5.41) is 0. The highest BCUT2D eigenvalue weighted by Crippen LogP contribution is 2.12. The zero-order valence-electron chi connectivity index (χ0n) is 8.16. The van der Waals surface area contributed by atoms with Crippen molar-refractivity contribution in [2.24, 2.45) is 11.7 Å². The summed E-state index contributed by atoms with van der Waals surface area (Å²) in [7, 11) is 0. The number of hydrogen-bond acceptors (Lipinski definition) is 3. The fourth-order valence-corrected chi connectivity index (χ4v) is 2.27. The number of thioether (sulfide) groups is 1. The first-order valence-electron chi connectivity index (χ1n) is 4.82. The maximum absolute atomic E-state index is 11.7. The quantitative estimate of drug-likeness (QED) is 0.711. The number of nitrogens with two attached hydrogens (primary N) is 1. The molecule has 0 bridgehead atoms. The van der Waals surface area contributed by atoms with Gasteiger partial charge in [-0.15, -0.1) is 0 Å². The molecular weight excluding hydrogens is 184 g/mol. The van der Waals surface area contributed by atoms with E-state index in [4.69, 9.17) is 5.73 Å². The van der Waals surface area contributed by atoms with Gasteiger partial charge in [-0.25, -0.2) is 0 Å². The molecule has 1 unspecified atom stereocenters. The van der Waals surface area contributed by atoms with Gasteiger partial charge in [0.2, 0.25) is 5.91 Å². The standard InChI is InChI=1S/C9H18N2OS/c1-8(7-10)9(12)11-3-2-5-13-6-4-11/h8H,2-7,10H2,1H3. The van der Waals surface area contributed by atoms with Crippen LogP contribution in [0.25, 0.3) is 0 Å². The Morgan fingerprint density at radius 1 is 1.54 bits per heavy atom. The van der Waals surface area contributed by atoms with E-state index in [9.17, 15) is 4.79 Å². The summed E-state index contributed by atoms with van der Waals surface area (Å²) in [6.45, 7) is 4.17. The van der Waals surface area contributed by atoms with Gasteiger partial charge in [0.15, 0.2) is 0 Å². The van der Waals surface area contributed by atoms with E-state index in [1.165, 1.54) is 5.75 Å². The van der Waals surface area contributed by atoms with Crippen LogP contribution in [0.15, 0.2) is 0 Å². The van der Waals surface area contributed by atoms with Gasteiger partial charge < -0.3 is 10.6 Å². The molecule has 0 spiro atoms. The van der Waals surface area contributed by atoms with E-state index in [2.05, 4.69) is 0 Å². The Kier molecular flexibility index (Phi) is 4.59. The molecule has 1 atom stereocenters. The Labute approximate surface area is 84.0 Å². The summed E-state index contributed by atoms with van der Waals surface area (Å²) in [4.78, 5) is 13.7. The second-order valence-corrected chi connectivity index (χ2v) is 4.65. The summed E-state index contributed by atoms with van der Waals surface area (Å²) in [5.74, 6) is 2.47. The van der Waals surface area contributed by atoms with Gasteiger partial charge in [-0.3, -0.25) is 4.79 Å². The molecule has 0 aromatic rings. The first kappa shape index (κ1) is 10.9. The molecule has 0 aromatic heterocycles. The summed E-state index contributed by atoms with van der Waals surface area (Å²) >= 11 is 1.93. The molecule has 0 saturated carbocycles. The third-order valence-corrected chi connectivity index (χ3v) is 3.36. The normalized spacial score (nSPS) is 20.9. The van der Waals surface area contributed by atoms with Gasteiger partial charge >= 0.3 is 0 Å². The smallest absolute Gasteiger partial charge is 0.226 e. The lowest BCUT2D eigenvalue weighted by Gasteiger charge is -2.22. The Balaban J connectivity index is 2.43. The first-order chi connectivity index (χ1) is 6.25. The molecule has 76 valence electrons. The molecule has 13 heavy (non-hydrogen) atoms. The minimum absolute atomic E-state index is 0.0110. The van der Waals surface area contributed by atoms with Crippen molar-refractivity contribution < 1.29 is 4.79 Å². The highest BCUT2D eigenvalue weighted by molar-refractivity contribution is 7.99. The molecule has 0 aromatic carbocycles. The van der Waals surface area contributed by atoms with Crippen LogP contribution >= 0.6 is 11.8 Å². The van der Waals surface area contributed by atoms with Crippen molar-refractivity contribution in [2.45, 2.75) is 13.3 Å². The lowest BCUT2D eigenvalue weighted by Crippen LogP contribution is -2.39. The Morgan fingerprint density at radius 2 is 2.31 bits per heavy atom. The number of carbonyl (C=O) groups is 1. The second-order valence-electron chi connectivity index (χ2n) is 3.43. The molecule has 1 aliphatic rings. The SMILES string of the molecule is CC(CN)C(=O)N1CCCSCC1. The maximum atomic E-state index is 11.7. The van der Waals surface area contributed by atoms with Crippen LogP contribution in [0.1, 0.15) is 13.3 Å². The summed E-state index contributed by atoms with van der Waals surface area (Å²) < 4.78 is 0. The van der Waals surface area contributed by atoms with Crippen LogP contribution in [0.3, 0.4) is 0 Å². The van der Waals surface area contributed by atoms with Crippen molar-refractivity contribution in [1.82, 2.24) is 4.90 Å². The Hall–Kier alpha value is -0.220. The molecule has 1 saturated heterocycles. The van der Waals surface area contributed by atoms with E-state index in [0.717, 1.165) is 25.3 Å². The molecule has 1 heterocycles. The molecule has 2 N–H and O–H groups in total. The number of carbonyl (C=O) groups excluding carboxylic acids is 1. The Bertz CT molecular complexity index is 167. The summed E-state index contributed by atoms with van der Waals surface area (Å²) in [6, 6.07) is 0. The van der Waals surface area contributed by atoms with Gasteiger partial charge in [0.05, 0.1) is 0 Å². The molecular formula is C9H18N2OS. The van der Waals surface area contributed by atoms with Crippen LogP contribution in [0, 0.1) is 5.92 Å². The predicted octanol–water partition coefficient (Wildman–Crippen LogP) is 0.547. The molecule has 3 nitrogen and oxygen atoms in total. The van der Waals surface area contributed by atoms with Gasteiger partial charge in [0.1, 0.15) is 0 Å². The average molecular weight is 202 g/mol. The molecule has 1 amide bonds. The minimum atomic E-state index is -0.0110. The van der Waals surface area contributed by atoms with Gasteiger partial charge in [0.25, 0.3) is 0 Å². The van der Waals surface area contributed by atoms with Crippen molar-refractivity contribution in [3.63, 3.8) is 0 Å². The summed E-state index contributed by atoms with van der Waals surface area (Å²) in [6.07, 6.45) is 1.12. The fourth-order valence-electron chi connectivity index (χ4n) is 1.38. The van der Waals surface area contributed by atoms with Crippen LogP contribution in [-0.2, 0) is 4.79 Å². The van der Waals surface area contributed by atoms with Crippen LogP contribution in [0.4, 0.5) is 0 Å². The molecule has 0 radical (unpaired) electrons. The highest BCUT2D eigenvalue weighted by Gasteiger charge is 2.19. The van der Waals surface area contributed by atoms with Gasteiger partial charge in [-0.1, -0.05) is 6.92 Å². The average Bonchev–Trinajstić information content (AvgIpc) is 2.43. The van der Waals surface area contributed by atoms with E-state index in [0.29, 0.717) is 6.54 Å². The largest absolute Gasteiger partial charge is 0.342 e. The topological polar surface area (TPSA) is 46.3 Å². The van der Waals surface area contributed by atoms with E-state index in [1.807, 2.05) is 23.6 Å². The monoisotopic (exact) mass is 202 g/mol. The van der Waals surface area contributed by atoms with E-state index < -0.39 is 0 Å². The van der Waals surface area contributed by atoms with Crippen LogP contribution in [0.5, 0.6) is 0 Å². The van der Waals surface area contributed by atoms with Gasteiger partial charge in [-0.05, 0) is 12.2 Å². The number of amides is 1. The van der Waals surface area contributed by atoms with Crippen molar-refractivity contribution in [3.05, 3.63) is 0 Å². The lowest BCUT2D eigenvalue weighted by atomic mass is 10.1.